The van der Waals surface area contributed by atoms with Crippen LogP contribution in [0.15, 0.2) is 66.2 Å². The quantitative estimate of drug-likeness (QED) is 0.293. The molecule has 9 nitrogen and oxygen atoms in total. The van der Waals surface area contributed by atoms with Crippen molar-refractivity contribution in [3.8, 4) is 11.5 Å². The topological polar surface area (TPSA) is 129 Å². The molecule has 2 aromatic carbocycles. The highest BCUT2D eigenvalue weighted by atomic mass is 32.1. The molecular weight excluding hydrogens is 436 g/mol. The average molecular weight is 456 g/mol. The molecule has 4 atom stereocenters. The third-order valence-corrected chi connectivity index (χ3v) is 5.32. The van der Waals surface area contributed by atoms with Crippen molar-refractivity contribution in [3.05, 3.63) is 66.2 Å². The van der Waals surface area contributed by atoms with Crippen molar-refractivity contribution >= 4 is 34.8 Å². The van der Waals surface area contributed by atoms with Gasteiger partial charge >= 0.3 is 0 Å². The van der Waals surface area contributed by atoms with E-state index in [1.54, 1.807) is 36.4 Å². The van der Waals surface area contributed by atoms with E-state index in [9.17, 15) is 24.9 Å². The molecule has 32 heavy (non-hydrogen) atoms. The van der Waals surface area contributed by atoms with Crippen molar-refractivity contribution < 1.29 is 34.4 Å². The summed E-state index contributed by atoms with van der Waals surface area (Å²) in [5.74, 6) is -0.343. The lowest BCUT2D eigenvalue weighted by atomic mass is 10.0. The number of carbonyl (C=O) groups is 2. The molecule has 4 N–H and O–H groups in total. The van der Waals surface area contributed by atoms with Gasteiger partial charge in [0.2, 0.25) is 0 Å². The summed E-state index contributed by atoms with van der Waals surface area (Å²) in [6, 6.07) is 15.7. The number of hydrogen-bond donors (Lipinski definition) is 4. The van der Waals surface area contributed by atoms with Crippen LogP contribution in [0.5, 0.6) is 11.5 Å². The Bertz CT molecular complexity index is 1060. The van der Waals surface area contributed by atoms with Crippen molar-refractivity contribution in [1.82, 2.24) is 5.32 Å². The summed E-state index contributed by atoms with van der Waals surface area (Å²) in [6.07, 6.45) is -4.19. The van der Waals surface area contributed by atoms with Crippen molar-refractivity contribution in [2.75, 3.05) is 11.5 Å². The number of aliphatic hydroxyl groups excluding tert-OH is 3. The fraction of sp³-hybridized carbons (Fsp3) is 0.227. The minimum atomic E-state index is -1.50. The number of benzene rings is 2. The van der Waals surface area contributed by atoms with Gasteiger partial charge in [-0.15, -0.1) is 0 Å². The fourth-order valence-corrected chi connectivity index (χ4v) is 3.67. The van der Waals surface area contributed by atoms with Crippen molar-refractivity contribution in [2.45, 2.75) is 24.4 Å². The van der Waals surface area contributed by atoms with Crippen molar-refractivity contribution in [3.63, 3.8) is 0 Å². The smallest absolute Gasteiger partial charge is 0.269 e. The van der Waals surface area contributed by atoms with Gasteiger partial charge in [-0.25, -0.2) is 0 Å². The van der Waals surface area contributed by atoms with Gasteiger partial charge in [-0.1, -0.05) is 18.2 Å². The number of nitrogens with zero attached hydrogens (tertiary/aromatic N) is 1. The summed E-state index contributed by atoms with van der Waals surface area (Å²) in [6.45, 7) is -0.167. The Balaban J connectivity index is 1.54. The standard InChI is InChI=1S/C22H20N2O7S/c25-16(19-18(27)17(26)11-30-19)10-15-20(28)23-22(32)24(21(15)29)12-6-8-14(9-7-12)31-13-4-2-1-3-5-13/h1-10,16-19,25-27H,11H2,(H,23,28,32)/b15-10+/t16-,17+,18-,19+/m0/s1. The van der Waals surface area contributed by atoms with Crippen molar-refractivity contribution in [1.29, 1.82) is 0 Å². The molecule has 2 aromatic rings. The van der Waals surface area contributed by atoms with Crippen LogP contribution in [-0.2, 0) is 14.3 Å². The first-order chi connectivity index (χ1) is 15.3. The number of aliphatic hydroxyl groups is 3. The van der Waals surface area contributed by atoms with Gasteiger partial charge in [-0.3, -0.25) is 19.8 Å². The second-order valence-corrected chi connectivity index (χ2v) is 7.62. The Morgan fingerprint density at radius 1 is 1.09 bits per heavy atom. The number of amides is 2. The van der Waals surface area contributed by atoms with E-state index < -0.39 is 36.2 Å². The summed E-state index contributed by atoms with van der Waals surface area (Å²) in [7, 11) is 0. The van der Waals surface area contributed by atoms with E-state index in [2.05, 4.69) is 5.32 Å². The number of rotatable bonds is 5. The number of para-hydroxylation sites is 1. The summed E-state index contributed by atoms with van der Waals surface area (Å²) in [4.78, 5) is 26.5. The first kappa shape index (κ1) is 22.1. The zero-order valence-electron chi connectivity index (χ0n) is 16.6. The van der Waals surface area contributed by atoms with Gasteiger partial charge in [0, 0.05) is 0 Å². The van der Waals surface area contributed by atoms with Gasteiger partial charge in [0.05, 0.1) is 12.3 Å². The molecule has 2 aliphatic rings. The van der Waals surface area contributed by atoms with E-state index in [1.165, 1.54) is 0 Å². The van der Waals surface area contributed by atoms with Gasteiger partial charge < -0.3 is 24.8 Å². The van der Waals surface area contributed by atoms with Gasteiger partial charge in [0.25, 0.3) is 11.8 Å². The average Bonchev–Trinajstić information content (AvgIpc) is 3.11. The molecule has 0 unspecified atom stereocenters. The molecule has 166 valence electrons. The lowest BCUT2D eigenvalue weighted by Gasteiger charge is -2.29. The van der Waals surface area contributed by atoms with E-state index in [-0.39, 0.29) is 17.3 Å². The summed E-state index contributed by atoms with van der Waals surface area (Å²) >= 11 is 5.16. The van der Waals surface area contributed by atoms with E-state index in [0.717, 1.165) is 11.0 Å². The molecule has 0 bridgehead atoms. The highest BCUT2D eigenvalue weighted by molar-refractivity contribution is 7.80. The normalized spacial score (nSPS) is 25.7. The SMILES string of the molecule is O=C1NC(=S)N(c2ccc(Oc3ccccc3)cc2)C(=O)/C1=C/[C@H](O)[C@H]1OC[C@@H](O)[C@@H]1O. The molecule has 10 heteroatoms. The van der Waals surface area contributed by atoms with Crippen LogP contribution in [0.2, 0.25) is 0 Å². The molecular formula is C22H20N2O7S. The molecule has 2 saturated heterocycles. The molecule has 0 aliphatic carbocycles. The van der Waals surface area contributed by atoms with Crippen LogP contribution < -0.4 is 15.0 Å². The Hall–Kier alpha value is -3.15. The van der Waals surface area contributed by atoms with Gasteiger partial charge in [-0.2, -0.15) is 0 Å². The Morgan fingerprint density at radius 2 is 1.75 bits per heavy atom. The van der Waals surface area contributed by atoms with Crippen LogP contribution in [0.4, 0.5) is 5.69 Å². The lowest BCUT2D eigenvalue weighted by Crippen LogP contribution is -2.54. The molecule has 2 amide bonds. The van der Waals surface area contributed by atoms with Crippen molar-refractivity contribution in [2.24, 2.45) is 0 Å². The molecule has 4 rings (SSSR count). The molecule has 0 spiro atoms. The van der Waals surface area contributed by atoms with Gasteiger partial charge in [0.15, 0.2) is 5.11 Å². The zero-order chi connectivity index (χ0) is 22.8. The van der Waals surface area contributed by atoms with E-state index in [0.29, 0.717) is 17.2 Å². The lowest BCUT2D eigenvalue weighted by molar-refractivity contribution is -0.122. The maximum atomic E-state index is 13.0. The monoisotopic (exact) mass is 456 g/mol. The predicted octanol–water partition coefficient (Wildman–Crippen LogP) is 0.634. The minimum Gasteiger partial charge on any atom is -0.457 e. The largest absolute Gasteiger partial charge is 0.457 e. The first-order valence-corrected chi connectivity index (χ1v) is 10.2. The highest BCUT2D eigenvalue weighted by Crippen LogP contribution is 2.27. The zero-order valence-corrected chi connectivity index (χ0v) is 17.4. The van der Waals surface area contributed by atoms with Crippen LogP contribution in [0.1, 0.15) is 0 Å². The number of ether oxygens (including phenoxy) is 2. The summed E-state index contributed by atoms with van der Waals surface area (Å²) < 4.78 is 10.9. The second-order valence-electron chi connectivity index (χ2n) is 7.24. The minimum absolute atomic E-state index is 0.115. The Labute approximate surface area is 188 Å². The number of carbonyl (C=O) groups excluding carboxylic acids is 2. The van der Waals surface area contributed by atoms with E-state index >= 15 is 0 Å². The third-order valence-electron chi connectivity index (χ3n) is 5.04. The van der Waals surface area contributed by atoms with Gasteiger partial charge in [-0.05, 0) is 54.7 Å². The predicted molar refractivity (Wildman–Crippen MR) is 117 cm³/mol. The second kappa shape index (κ2) is 9.15. The van der Waals surface area contributed by atoms with Crippen LogP contribution in [0.25, 0.3) is 0 Å². The molecule has 0 saturated carbocycles. The number of nitrogens with one attached hydrogen (secondary N) is 1. The Kier molecular flexibility index (Phi) is 6.31. The third kappa shape index (κ3) is 4.40. The summed E-state index contributed by atoms with van der Waals surface area (Å²) in [5.41, 5.74) is 0.0151. The molecule has 0 radical (unpaired) electrons. The summed E-state index contributed by atoms with van der Waals surface area (Å²) in [5, 5.41) is 32.1. The van der Waals surface area contributed by atoms with Crippen LogP contribution >= 0.6 is 12.2 Å². The Morgan fingerprint density at radius 3 is 2.38 bits per heavy atom. The van der Waals surface area contributed by atoms with Crippen LogP contribution in [0.3, 0.4) is 0 Å². The van der Waals surface area contributed by atoms with E-state index in [4.69, 9.17) is 21.7 Å². The molecule has 2 fully saturated rings. The number of thiocarbonyl (C=S) groups is 1. The maximum Gasteiger partial charge on any atom is 0.269 e. The van der Waals surface area contributed by atoms with E-state index in [1.807, 2.05) is 18.2 Å². The number of hydrogen-bond acceptors (Lipinski definition) is 8. The molecule has 2 aliphatic heterocycles. The van der Waals surface area contributed by atoms with Gasteiger partial charge in [0.1, 0.15) is 41.5 Å². The number of anilines is 1. The van der Waals surface area contributed by atoms with Crippen LogP contribution in [0, 0.1) is 0 Å². The highest BCUT2D eigenvalue weighted by Gasteiger charge is 2.41. The van der Waals surface area contributed by atoms with Crippen LogP contribution in [-0.4, -0.2) is 63.3 Å². The maximum absolute atomic E-state index is 13.0. The fourth-order valence-electron chi connectivity index (χ4n) is 3.39. The first-order valence-electron chi connectivity index (χ1n) is 9.75. The molecule has 0 aromatic heterocycles. The molecule has 2 heterocycles.